The number of hydrogen-bond acceptors (Lipinski definition) is 9. The lowest BCUT2D eigenvalue weighted by molar-refractivity contribution is -0.144. The van der Waals surface area contributed by atoms with Crippen LogP contribution in [0, 0.1) is 0 Å². The molecule has 12 nitrogen and oxygen atoms in total. The minimum Gasteiger partial charge on any atom is -0.456 e. The van der Waals surface area contributed by atoms with Crippen molar-refractivity contribution in [3.63, 3.8) is 0 Å². The molecule has 14 heteroatoms. The molecular weight excluding hydrogens is 631 g/mol. The number of aromatic nitrogens is 6. The Hall–Kier alpha value is -5.46. The minimum atomic E-state index is -0.568. The normalized spacial score (nSPS) is 11.6. The van der Waals surface area contributed by atoms with Crippen LogP contribution in [0.1, 0.15) is 29.8 Å². The van der Waals surface area contributed by atoms with E-state index in [9.17, 15) is 14.4 Å². The van der Waals surface area contributed by atoms with Gasteiger partial charge >= 0.3 is 5.97 Å². The zero-order valence-corrected chi connectivity index (χ0v) is 25.8. The van der Waals surface area contributed by atoms with Crippen LogP contribution in [0.25, 0.3) is 22.9 Å². The maximum atomic E-state index is 13.3. The van der Waals surface area contributed by atoms with Crippen molar-refractivity contribution in [1.82, 2.24) is 35.7 Å². The number of nitrogens with one attached hydrogen (secondary N) is 2. The molecule has 2 N–H and O–H groups in total. The summed E-state index contributed by atoms with van der Waals surface area (Å²) in [7, 11) is 0. The molecule has 0 spiro atoms. The molecule has 0 bridgehead atoms. The molecule has 0 unspecified atom stereocenters. The van der Waals surface area contributed by atoms with E-state index in [2.05, 4.69) is 36.4 Å². The first-order valence-corrected chi connectivity index (χ1v) is 14.6. The van der Waals surface area contributed by atoms with Gasteiger partial charge in [-0.15, -0.1) is 10.2 Å². The monoisotopic (exact) mass is 656 g/mol. The van der Waals surface area contributed by atoms with Crippen molar-refractivity contribution in [2.75, 3.05) is 11.9 Å². The van der Waals surface area contributed by atoms with Gasteiger partial charge in [-0.1, -0.05) is 65.7 Å². The maximum absolute atomic E-state index is 13.3. The van der Waals surface area contributed by atoms with Crippen LogP contribution in [0.5, 0.6) is 0 Å². The summed E-state index contributed by atoms with van der Waals surface area (Å²) < 4.78 is 6.19. The second-order valence-corrected chi connectivity index (χ2v) is 10.7. The summed E-state index contributed by atoms with van der Waals surface area (Å²) in [5.74, 6) is -1.39. The van der Waals surface area contributed by atoms with Gasteiger partial charge in [-0.25, -0.2) is 0 Å². The average molecular weight is 658 g/mol. The Morgan fingerprint density at radius 3 is 2.48 bits per heavy atom. The average Bonchev–Trinajstić information content (AvgIpc) is 3.59. The molecule has 0 radical (unpaired) electrons. The minimum absolute atomic E-state index is 0.163. The van der Waals surface area contributed by atoms with E-state index < -0.39 is 17.9 Å². The zero-order chi connectivity index (χ0) is 32.5. The van der Waals surface area contributed by atoms with Gasteiger partial charge in [0.15, 0.2) is 11.8 Å². The molecule has 0 fully saturated rings. The van der Waals surface area contributed by atoms with Crippen molar-refractivity contribution in [3.8, 4) is 16.8 Å². The Morgan fingerprint density at radius 2 is 1.76 bits per heavy atom. The molecule has 2 heterocycles. The van der Waals surface area contributed by atoms with E-state index >= 15 is 0 Å². The van der Waals surface area contributed by atoms with E-state index in [0.29, 0.717) is 45.2 Å². The Balaban J connectivity index is 1.38. The molecule has 2 aromatic heterocycles. The number of amides is 2. The maximum Gasteiger partial charge on any atom is 0.303 e. The number of tetrazole rings is 1. The van der Waals surface area contributed by atoms with Gasteiger partial charge in [0.05, 0.1) is 17.4 Å². The van der Waals surface area contributed by atoms with Crippen LogP contribution in [0.15, 0.2) is 91.3 Å². The van der Waals surface area contributed by atoms with Crippen molar-refractivity contribution >= 4 is 52.7 Å². The van der Waals surface area contributed by atoms with Crippen molar-refractivity contribution in [1.29, 1.82) is 0 Å². The van der Waals surface area contributed by atoms with E-state index in [0.717, 1.165) is 5.56 Å². The Bertz CT molecular complexity index is 1870. The summed E-state index contributed by atoms with van der Waals surface area (Å²) in [6.45, 7) is 0.842. The lowest BCUT2D eigenvalue weighted by Crippen LogP contribution is -2.29. The van der Waals surface area contributed by atoms with Crippen LogP contribution in [-0.2, 0) is 25.5 Å². The topological polar surface area (TPSA) is 154 Å². The van der Waals surface area contributed by atoms with E-state index in [4.69, 9.17) is 27.9 Å². The summed E-state index contributed by atoms with van der Waals surface area (Å²) >= 11 is 12.7. The highest BCUT2D eigenvalue weighted by atomic mass is 35.5. The largest absolute Gasteiger partial charge is 0.456 e. The first-order chi connectivity index (χ1) is 22.2. The fourth-order valence-electron chi connectivity index (χ4n) is 4.47. The van der Waals surface area contributed by atoms with Crippen LogP contribution in [-0.4, -0.2) is 54.8 Å². The first kappa shape index (κ1) is 31.9. The molecule has 232 valence electrons. The van der Waals surface area contributed by atoms with Crippen molar-refractivity contribution in [2.45, 2.75) is 19.4 Å². The molecule has 5 aromatic rings. The van der Waals surface area contributed by atoms with Crippen LogP contribution >= 0.6 is 23.2 Å². The number of ether oxygens (including phenoxy) is 1. The third kappa shape index (κ3) is 8.58. The van der Waals surface area contributed by atoms with Gasteiger partial charge in [-0.2, -0.15) is 9.78 Å². The number of nitrogens with zero attached hydrogens (tertiary/aromatic N) is 6. The molecule has 0 aliphatic heterocycles. The number of halogens is 2. The summed E-state index contributed by atoms with van der Waals surface area (Å²) in [5, 5.41) is 26.1. The third-order valence-corrected chi connectivity index (χ3v) is 7.12. The highest BCUT2D eigenvalue weighted by Gasteiger charge is 2.19. The number of anilines is 1. The van der Waals surface area contributed by atoms with Gasteiger partial charge in [0.2, 0.25) is 5.91 Å². The Labute approximate surface area is 273 Å². The zero-order valence-electron chi connectivity index (χ0n) is 24.3. The Morgan fingerprint density at radius 1 is 0.978 bits per heavy atom. The second-order valence-electron chi connectivity index (χ2n) is 9.92. The number of hydrogen-bond donors (Lipinski definition) is 2. The van der Waals surface area contributed by atoms with Gasteiger partial charge in [-0.05, 0) is 70.4 Å². The predicted molar refractivity (Wildman–Crippen MR) is 172 cm³/mol. The molecule has 46 heavy (non-hydrogen) atoms. The van der Waals surface area contributed by atoms with Crippen molar-refractivity contribution < 1.29 is 19.1 Å². The molecule has 3 aromatic carbocycles. The summed E-state index contributed by atoms with van der Waals surface area (Å²) in [4.78, 5) is 36.3. The summed E-state index contributed by atoms with van der Waals surface area (Å²) in [5.41, 5.74) is 4.53. The SMILES string of the molecule is CC(=O)OCC(=O)Nc1ccc(-c2cc([C@H](Cc3ccccc3)NC(=O)C=Cc3cc(Cl)ccc3-n3cnnn3)nnc2Cl)cc1. The molecule has 0 aliphatic carbocycles. The highest BCUT2D eigenvalue weighted by Crippen LogP contribution is 2.30. The number of carbonyl (C=O) groups excluding carboxylic acids is 3. The van der Waals surface area contributed by atoms with Gasteiger partial charge in [0.1, 0.15) is 6.33 Å². The smallest absolute Gasteiger partial charge is 0.303 e. The molecular formula is C32H26Cl2N8O4. The van der Waals surface area contributed by atoms with Gasteiger partial charge in [0, 0.05) is 34.8 Å². The van der Waals surface area contributed by atoms with E-state index in [1.165, 1.54) is 24.0 Å². The number of rotatable bonds is 11. The molecule has 5 rings (SSSR count). The van der Waals surface area contributed by atoms with Crippen molar-refractivity contribution in [3.05, 3.63) is 118 Å². The van der Waals surface area contributed by atoms with Crippen LogP contribution in [0.4, 0.5) is 5.69 Å². The standard InChI is InChI=1S/C32H26Cl2N8O4/c1-20(43)46-18-31(45)36-25-11-7-22(8-12-25)26-17-28(38-39-32(26)34)27(15-21-5-3-2-4-6-21)37-30(44)14-9-23-16-24(33)10-13-29(23)42-19-35-40-41-42/h2-14,16-17,19,27H,15,18H2,1H3,(H,36,45)(H,37,44)/t27-/m0/s1. The van der Waals surface area contributed by atoms with Gasteiger partial charge < -0.3 is 15.4 Å². The van der Waals surface area contributed by atoms with Crippen LogP contribution in [0.3, 0.4) is 0 Å². The highest BCUT2D eigenvalue weighted by molar-refractivity contribution is 6.32. The predicted octanol–water partition coefficient (Wildman–Crippen LogP) is 5.04. The number of carbonyl (C=O) groups is 3. The molecule has 0 saturated carbocycles. The van der Waals surface area contributed by atoms with Gasteiger partial charge in [0.25, 0.3) is 5.91 Å². The Kier molecular flexibility index (Phi) is 10.4. The number of benzene rings is 3. The lowest BCUT2D eigenvalue weighted by Gasteiger charge is -2.18. The van der Waals surface area contributed by atoms with Crippen LogP contribution < -0.4 is 10.6 Å². The van der Waals surface area contributed by atoms with Crippen molar-refractivity contribution in [2.24, 2.45) is 0 Å². The fourth-order valence-corrected chi connectivity index (χ4v) is 4.85. The fraction of sp³-hybridized carbons (Fsp3) is 0.125. The molecule has 0 aliphatic rings. The quantitative estimate of drug-likeness (QED) is 0.147. The van der Waals surface area contributed by atoms with Gasteiger partial charge in [-0.3, -0.25) is 14.4 Å². The van der Waals surface area contributed by atoms with E-state index in [-0.39, 0.29) is 17.7 Å². The molecule has 2 amide bonds. The van der Waals surface area contributed by atoms with E-state index in [1.54, 1.807) is 54.6 Å². The summed E-state index contributed by atoms with van der Waals surface area (Å²) in [6, 6.07) is 22.9. The summed E-state index contributed by atoms with van der Waals surface area (Å²) in [6.07, 6.45) is 4.90. The van der Waals surface area contributed by atoms with E-state index in [1.807, 2.05) is 30.3 Å². The molecule has 0 saturated heterocycles. The first-order valence-electron chi connectivity index (χ1n) is 13.9. The third-order valence-electron chi connectivity index (χ3n) is 6.61. The van der Waals surface area contributed by atoms with Crippen LogP contribution in [0.2, 0.25) is 10.2 Å². The molecule has 1 atom stereocenters. The number of esters is 1. The lowest BCUT2D eigenvalue weighted by atomic mass is 10.00. The second kappa shape index (κ2) is 15.0.